The fourth-order valence-electron chi connectivity index (χ4n) is 2.04. The number of anilines is 1. The topological polar surface area (TPSA) is 72.9 Å². The highest BCUT2D eigenvalue weighted by molar-refractivity contribution is 8.21. The minimum atomic E-state index is -0.511. The van der Waals surface area contributed by atoms with Gasteiger partial charge in [-0.3, -0.25) is 14.5 Å². The van der Waals surface area contributed by atoms with Crippen molar-refractivity contribution in [1.29, 1.82) is 0 Å². The lowest BCUT2D eigenvalue weighted by Crippen LogP contribution is -2.39. The second-order valence-electron chi connectivity index (χ2n) is 4.80. The van der Waals surface area contributed by atoms with Crippen molar-refractivity contribution >= 4 is 47.1 Å². The monoisotopic (exact) mass is 369 g/mol. The lowest BCUT2D eigenvalue weighted by Gasteiger charge is -2.22. The van der Waals surface area contributed by atoms with E-state index in [0.29, 0.717) is 5.69 Å². The first-order valence-electron chi connectivity index (χ1n) is 7.52. The van der Waals surface area contributed by atoms with E-state index < -0.39 is 24.5 Å². The number of rotatable bonds is 7. The molecule has 0 atom stereocenters. The summed E-state index contributed by atoms with van der Waals surface area (Å²) >= 11 is 3.03. The third-order valence-electron chi connectivity index (χ3n) is 3.11. The van der Waals surface area contributed by atoms with E-state index in [1.165, 1.54) is 28.4 Å². The number of amides is 1. The molecule has 6 nitrogen and oxygen atoms in total. The van der Waals surface area contributed by atoms with Crippen LogP contribution in [0, 0.1) is 0 Å². The Morgan fingerprint density at radius 2 is 1.79 bits per heavy atom. The molecule has 0 unspecified atom stereocenters. The molecule has 0 saturated carbocycles. The molecular formula is C16H19NO5S2. The Kier molecular flexibility index (Phi) is 7.45. The molecule has 1 amide bonds. The Morgan fingerprint density at radius 1 is 1.12 bits per heavy atom. The van der Waals surface area contributed by atoms with Gasteiger partial charge in [-0.2, -0.15) is 0 Å². The van der Waals surface area contributed by atoms with E-state index in [2.05, 4.69) is 0 Å². The van der Waals surface area contributed by atoms with Crippen LogP contribution in [0.1, 0.15) is 6.92 Å². The van der Waals surface area contributed by atoms with Crippen LogP contribution >= 0.6 is 23.5 Å². The molecule has 24 heavy (non-hydrogen) atoms. The van der Waals surface area contributed by atoms with Gasteiger partial charge in [0.25, 0.3) is 5.91 Å². The maximum atomic E-state index is 12.4. The van der Waals surface area contributed by atoms with E-state index in [4.69, 9.17) is 9.47 Å². The van der Waals surface area contributed by atoms with E-state index >= 15 is 0 Å². The molecule has 1 aromatic rings. The predicted octanol–water partition coefficient (Wildman–Crippen LogP) is 1.93. The number of para-hydroxylation sites is 1. The molecule has 1 heterocycles. The Balaban J connectivity index is 1.98. The minimum Gasteiger partial charge on any atom is -0.465 e. The van der Waals surface area contributed by atoms with Crippen LogP contribution in [0.2, 0.25) is 0 Å². The summed E-state index contributed by atoms with van der Waals surface area (Å²) in [6.07, 6.45) is 0. The molecular weight excluding hydrogens is 350 g/mol. The van der Waals surface area contributed by atoms with Gasteiger partial charge in [0.1, 0.15) is 11.1 Å². The van der Waals surface area contributed by atoms with Gasteiger partial charge in [0.2, 0.25) is 0 Å². The predicted molar refractivity (Wildman–Crippen MR) is 95.1 cm³/mol. The summed E-state index contributed by atoms with van der Waals surface area (Å²) in [5.74, 6) is 0.424. The van der Waals surface area contributed by atoms with Gasteiger partial charge in [0.15, 0.2) is 6.61 Å². The van der Waals surface area contributed by atoms with Crippen molar-refractivity contribution in [2.24, 2.45) is 0 Å². The smallest absolute Gasteiger partial charge is 0.329 e. The van der Waals surface area contributed by atoms with Crippen LogP contribution in [-0.4, -0.2) is 53.7 Å². The number of carbonyl (C=O) groups is 3. The lowest BCUT2D eigenvalue weighted by atomic mass is 10.3. The van der Waals surface area contributed by atoms with Gasteiger partial charge in [-0.15, -0.1) is 23.5 Å². The van der Waals surface area contributed by atoms with Crippen molar-refractivity contribution in [3.05, 3.63) is 30.3 Å². The van der Waals surface area contributed by atoms with Gasteiger partial charge >= 0.3 is 11.9 Å². The summed E-state index contributed by atoms with van der Waals surface area (Å²) in [6.45, 7) is 1.32. The first-order chi connectivity index (χ1) is 11.6. The highest BCUT2D eigenvalue weighted by Gasteiger charge is 2.27. The molecule has 1 aromatic carbocycles. The molecule has 0 aromatic heterocycles. The first kappa shape index (κ1) is 18.7. The Labute approximate surface area is 149 Å². The van der Waals surface area contributed by atoms with E-state index in [0.717, 1.165) is 11.5 Å². The van der Waals surface area contributed by atoms with Crippen LogP contribution in [0.4, 0.5) is 5.69 Å². The van der Waals surface area contributed by atoms with Crippen LogP contribution < -0.4 is 4.90 Å². The zero-order valence-corrected chi connectivity index (χ0v) is 14.9. The fraction of sp³-hybridized carbons (Fsp3) is 0.438. The van der Waals surface area contributed by atoms with Crippen molar-refractivity contribution in [3.63, 3.8) is 0 Å². The summed E-state index contributed by atoms with van der Waals surface area (Å²) < 4.78 is 9.74. The van der Waals surface area contributed by atoms with E-state index in [9.17, 15) is 14.4 Å². The van der Waals surface area contributed by atoms with E-state index in [1.807, 2.05) is 6.07 Å². The van der Waals surface area contributed by atoms with E-state index in [-0.39, 0.29) is 17.7 Å². The summed E-state index contributed by atoms with van der Waals surface area (Å²) in [5, 5.41) is 0. The van der Waals surface area contributed by atoms with Crippen LogP contribution in [0.3, 0.4) is 0 Å². The van der Waals surface area contributed by atoms with E-state index in [1.54, 1.807) is 31.2 Å². The van der Waals surface area contributed by atoms with Crippen LogP contribution in [0.15, 0.2) is 30.3 Å². The molecule has 0 bridgehead atoms. The number of nitrogens with zero attached hydrogens (tertiary/aromatic N) is 1. The van der Waals surface area contributed by atoms with Gasteiger partial charge in [0, 0.05) is 17.2 Å². The fourth-order valence-corrected chi connectivity index (χ4v) is 4.61. The summed E-state index contributed by atoms with van der Waals surface area (Å²) in [7, 11) is 0. The molecule has 0 aliphatic carbocycles. The van der Waals surface area contributed by atoms with Crippen molar-refractivity contribution < 1.29 is 23.9 Å². The number of benzene rings is 1. The standard InChI is InChI=1S/C16H19NO5S2/c1-2-21-14(19)10-17(12-6-4-3-5-7-12)13(18)11-22-15(20)16-23-8-9-24-16/h3-7,16H,2,8-11H2,1H3. The molecule has 1 saturated heterocycles. The second kappa shape index (κ2) is 9.58. The van der Waals surface area contributed by atoms with Gasteiger partial charge in [-0.1, -0.05) is 18.2 Å². The number of hydrogen-bond acceptors (Lipinski definition) is 7. The SMILES string of the molecule is CCOC(=O)CN(C(=O)COC(=O)C1SCCS1)c1ccccc1. The largest absolute Gasteiger partial charge is 0.465 e. The highest BCUT2D eigenvalue weighted by atomic mass is 32.2. The third kappa shape index (κ3) is 5.45. The van der Waals surface area contributed by atoms with Crippen molar-refractivity contribution in [1.82, 2.24) is 0 Å². The summed E-state index contributed by atoms with van der Waals surface area (Å²) in [4.78, 5) is 37.3. The molecule has 1 fully saturated rings. The van der Waals surface area contributed by atoms with Crippen molar-refractivity contribution in [2.75, 3.05) is 36.2 Å². The molecule has 0 radical (unpaired) electrons. The quantitative estimate of drug-likeness (QED) is 0.680. The van der Waals surface area contributed by atoms with Crippen LogP contribution in [0.5, 0.6) is 0 Å². The Hall–Kier alpha value is -1.67. The molecule has 1 aliphatic heterocycles. The number of esters is 2. The number of ether oxygens (including phenoxy) is 2. The number of carbonyl (C=O) groups excluding carboxylic acids is 3. The van der Waals surface area contributed by atoms with Gasteiger partial charge < -0.3 is 9.47 Å². The molecule has 8 heteroatoms. The molecule has 0 N–H and O–H groups in total. The highest BCUT2D eigenvalue weighted by Crippen LogP contribution is 2.32. The van der Waals surface area contributed by atoms with Gasteiger partial charge in [-0.25, -0.2) is 4.79 Å². The van der Waals surface area contributed by atoms with Crippen LogP contribution in [0.25, 0.3) is 0 Å². The first-order valence-corrected chi connectivity index (χ1v) is 9.62. The second-order valence-corrected chi connectivity index (χ2v) is 7.53. The maximum Gasteiger partial charge on any atom is 0.329 e. The molecule has 1 aliphatic rings. The molecule has 130 valence electrons. The summed E-state index contributed by atoms with van der Waals surface area (Å²) in [5.41, 5.74) is 0.552. The zero-order valence-electron chi connectivity index (χ0n) is 13.3. The summed E-state index contributed by atoms with van der Waals surface area (Å²) in [6, 6.07) is 8.76. The molecule has 2 rings (SSSR count). The van der Waals surface area contributed by atoms with Gasteiger partial charge in [-0.05, 0) is 19.1 Å². The normalized spacial score (nSPS) is 14.2. The minimum absolute atomic E-state index is 0.221. The average Bonchev–Trinajstić information content (AvgIpc) is 3.13. The average molecular weight is 369 g/mol. The molecule has 0 spiro atoms. The number of thioether (sulfide) groups is 2. The maximum absolute atomic E-state index is 12.4. The van der Waals surface area contributed by atoms with Gasteiger partial charge in [0.05, 0.1) is 6.61 Å². The zero-order chi connectivity index (χ0) is 17.4. The third-order valence-corrected chi connectivity index (χ3v) is 6.06. The van der Waals surface area contributed by atoms with Crippen molar-refractivity contribution in [3.8, 4) is 0 Å². The Bertz CT molecular complexity index is 575. The Morgan fingerprint density at radius 3 is 2.42 bits per heavy atom. The number of hydrogen-bond donors (Lipinski definition) is 0. The van der Waals surface area contributed by atoms with Crippen LogP contribution in [-0.2, 0) is 23.9 Å². The van der Waals surface area contributed by atoms with Crippen molar-refractivity contribution in [2.45, 2.75) is 11.5 Å². The lowest BCUT2D eigenvalue weighted by molar-refractivity contribution is -0.146.